The number of hydrogen-bond donors (Lipinski definition) is 2. The lowest BCUT2D eigenvalue weighted by Crippen LogP contribution is -2.60. The van der Waals surface area contributed by atoms with Crippen LogP contribution in [0.25, 0.3) is 0 Å². The largest absolute Gasteiger partial charge is 0.497 e. The number of methoxy groups -OCH3 is 1. The van der Waals surface area contributed by atoms with Crippen molar-refractivity contribution in [3.05, 3.63) is 29.8 Å². The second kappa shape index (κ2) is 8.26. The number of rotatable bonds is 6. The number of carbonyl (C=O) groups is 2. The van der Waals surface area contributed by atoms with Crippen molar-refractivity contribution in [3.63, 3.8) is 0 Å². The Balaban J connectivity index is 2.34. The Hall–Kier alpha value is -2.48. The van der Waals surface area contributed by atoms with Crippen LogP contribution in [-0.4, -0.2) is 63.0 Å². The Bertz CT molecular complexity index is 703. The summed E-state index contributed by atoms with van der Waals surface area (Å²) in [5.41, 5.74) is 0.118. The number of amides is 4. The maximum Gasteiger partial charge on any atom is 0.343 e. The van der Waals surface area contributed by atoms with Gasteiger partial charge in [-0.3, -0.25) is 10.1 Å². The minimum Gasteiger partial charge on any atom is -0.497 e. The van der Waals surface area contributed by atoms with E-state index in [1.165, 1.54) is 0 Å². The van der Waals surface area contributed by atoms with Crippen LogP contribution in [0.5, 0.6) is 5.75 Å². The molecule has 156 valence electrons. The fourth-order valence-corrected chi connectivity index (χ4v) is 3.50. The predicted molar refractivity (Wildman–Crippen MR) is 106 cm³/mol. The van der Waals surface area contributed by atoms with Crippen LogP contribution in [0.2, 0.25) is 0 Å². The first kappa shape index (κ1) is 21.8. The van der Waals surface area contributed by atoms with Crippen molar-refractivity contribution in [1.29, 1.82) is 0 Å². The zero-order valence-electron chi connectivity index (χ0n) is 17.8. The summed E-state index contributed by atoms with van der Waals surface area (Å²) in [5, 5.41) is 14.0. The van der Waals surface area contributed by atoms with Gasteiger partial charge in [0.1, 0.15) is 5.75 Å². The van der Waals surface area contributed by atoms with Crippen molar-refractivity contribution in [2.45, 2.75) is 71.9 Å². The number of urea groups is 2. The van der Waals surface area contributed by atoms with Crippen LogP contribution in [0, 0.1) is 0 Å². The van der Waals surface area contributed by atoms with Gasteiger partial charge in [0, 0.05) is 18.6 Å². The Morgan fingerprint density at radius 1 is 1.25 bits per heavy atom. The number of hydroxylamine groups is 2. The first-order valence-electron chi connectivity index (χ1n) is 9.52. The summed E-state index contributed by atoms with van der Waals surface area (Å²) >= 11 is 0. The third kappa shape index (κ3) is 4.16. The SMILES string of the molecule is COc1ccc(CN2C(=O)N(C(C)C)[C@H](N(O)C(=O)NC(C)C)C2(C)C)cc1. The summed E-state index contributed by atoms with van der Waals surface area (Å²) in [6, 6.07) is 6.30. The third-order valence-corrected chi connectivity index (χ3v) is 4.95. The van der Waals surface area contributed by atoms with Gasteiger partial charge in [0.15, 0.2) is 6.17 Å². The molecule has 1 aliphatic rings. The van der Waals surface area contributed by atoms with E-state index in [0.29, 0.717) is 11.6 Å². The van der Waals surface area contributed by atoms with E-state index in [1.54, 1.807) is 16.9 Å². The molecule has 1 aliphatic heterocycles. The van der Waals surface area contributed by atoms with Gasteiger partial charge in [0.05, 0.1) is 12.6 Å². The monoisotopic (exact) mass is 392 g/mol. The molecule has 0 saturated carbocycles. The number of hydrogen-bond acceptors (Lipinski definition) is 4. The molecule has 0 spiro atoms. The molecule has 28 heavy (non-hydrogen) atoms. The first-order valence-corrected chi connectivity index (χ1v) is 9.52. The van der Waals surface area contributed by atoms with Crippen molar-refractivity contribution in [1.82, 2.24) is 20.2 Å². The maximum atomic E-state index is 13.2. The number of carbonyl (C=O) groups excluding carboxylic acids is 2. The number of benzene rings is 1. The Morgan fingerprint density at radius 3 is 2.29 bits per heavy atom. The van der Waals surface area contributed by atoms with Crippen LogP contribution in [0.1, 0.15) is 47.1 Å². The Labute approximate surface area is 167 Å². The molecular weight excluding hydrogens is 360 g/mol. The minimum atomic E-state index is -0.822. The van der Waals surface area contributed by atoms with Gasteiger partial charge in [-0.2, -0.15) is 5.06 Å². The molecule has 1 saturated heterocycles. The van der Waals surface area contributed by atoms with E-state index in [9.17, 15) is 14.8 Å². The second-order valence-corrected chi connectivity index (χ2v) is 8.19. The average Bonchev–Trinajstić information content (AvgIpc) is 2.81. The summed E-state index contributed by atoms with van der Waals surface area (Å²) in [7, 11) is 1.60. The summed E-state index contributed by atoms with van der Waals surface area (Å²) in [5.74, 6) is 0.740. The molecule has 1 fully saturated rings. The molecule has 8 nitrogen and oxygen atoms in total. The molecule has 1 atom stereocenters. The zero-order chi connectivity index (χ0) is 21.2. The highest BCUT2D eigenvalue weighted by atomic mass is 16.5. The van der Waals surface area contributed by atoms with Gasteiger partial charge in [0.25, 0.3) is 0 Å². The van der Waals surface area contributed by atoms with Crippen LogP contribution in [0.3, 0.4) is 0 Å². The topological polar surface area (TPSA) is 85.3 Å². The molecular formula is C20H32N4O4. The quantitative estimate of drug-likeness (QED) is 0.575. The molecule has 1 aromatic rings. The van der Waals surface area contributed by atoms with E-state index in [4.69, 9.17) is 4.74 Å². The van der Waals surface area contributed by atoms with E-state index < -0.39 is 17.7 Å². The van der Waals surface area contributed by atoms with Crippen LogP contribution in [-0.2, 0) is 6.54 Å². The fraction of sp³-hybridized carbons (Fsp3) is 0.600. The Kier molecular flexibility index (Phi) is 6.44. The van der Waals surface area contributed by atoms with E-state index in [1.807, 2.05) is 65.8 Å². The summed E-state index contributed by atoms with van der Waals surface area (Å²) < 4.78 is 5.18. The average molecular weight is 393 g/mol. The highest BCUT2D eigenvalue weighted by molar-refractivity contribution is 5.81. The maximum absolute atomic E-state index is 13.2. The van der Waals surface area contributed by atoms with Gasteiger partial charge in [-0.05, 0) is 59.2 Å². The summed E-state index contributed by atoms with van der Waals surface area (Å²) in [4.78, 5) is 28.9. The normalized spacial score (nSPS) is 18.8. The van der Waals surface area contributed by atoms with Gasteiger partial charge in [-0.15, -0.1) is 0 Å². The fourth-order valence-electron chi connectivity index (χ4n) is 3.50. The molecule has 2 rings (SSSR count). The standard InChI is InChI=1S/C20H32N4O4/c1-13(2)21-18(25)24(27)17-20(5,6)22(19(26)23(17)14(3)4)12-15-8-10-16(28-7)11-9-15/h8-11,13-14,17,27H,12H2,1-7H3,(H,21,25)/t17-/m1/s1. The minimum absolute atomic E-state index is 0.134. The van der Waals surface area contributed by atoms with Crippen molar-refractivity contribution in [2.75, 3.05) is 7.11 Å². The van der Waals surface area contributed by atoms with Gasteiger partial charge in [-0.1, -0.05) is 12.1 Å². The summed E-state index contributed by atoms with van der Waals surface area (Å²) in [6.45, 7) is 11.4. The van der Waals surface area contributed by atoms with E-state index in [-0.39, 0.29) is 18.1 Å². The molecule has 0 aliphatic carbocycles. The van der Waals surface area contributed by atoms with Gasteiger partial charge < -0.3 is 15.0 Å². The van der Waals surface area contributed by atoms with Gasteiger partial charge >= 0.3 is 12.1 Å². The highest BCUT2D eigenvalue weighted by Gasteiger charge is 2.56. The molecule has 1 aromatic carbocycles. The van der Waals surface area contributed by atoms with Crippen LogP contribution in [0.15, 0.2) is 24.3 Å². The van der Waals surface area contributed by atoms with Gasteiger partial charge in [-0.25, -0.2) is 9.59 Å². The number of ether oxygens (including phenoxy) is 1. The zero-order valence-corrected chi connectivity index (χ0v) is 17.8. The van der Waals surface area contributed by atoms with E-state index in [0.717, 1.165) is 11.3 Å². The molecule has 0 radical (unpaired) electrons. The molecule has 1 heterocycles. The van der Waals surface area contributed by atoms with Crippen molar-refractivity contribution in [2.24, 2.45) is 0 Å². The molecule has 0 unspecified atom stereocenters. The van der Waals surface area contributed by atoms with E-state index in [2.05, 4.69) is 5.32 Å². The van der Waals surface area contributed by atoms with E-state index >= 15 is 0 Å². The molecule has 0 aromatic heterocycles. The lowest BCUT2D eigenvalue weighted by molar-refractivity contribution is -0.138. The van der Waals surface area contributed by atoms with Crippen molar-refractivity contribution in [3.8, 4) is 5.75 Å². The molecule has 8 heteroatoms. The van der Waals surface area contributed by atoms with Crippen LogP contribution >= 0.6 is 0 Å². The van der Waals surface area contributed by atoms with Crippen LogP contribution < -0.4 is 10.1 Å². The Morgan fingerprint density at radius 2 is 1.82 bits per heavy atom. The first-order chi connectivity index (χ1) is 13.0. The molecule has 0 bridgehead atoms. The number of nitrogens with one attached hydrogen (secondary N) is 1. The predicted octanol–water partition coefficient (Wildman–Crippen LogP) is 3.26. The highest BCUT2D eigenvalue weighted by Crippen LogP contribution is 2.37. The van der Waals surface area contributed by atoms with Crippen LogP contribution in [0.4, 0.5) is 9.59 Å². The van der Waals surface area contributed by atoms with Crippen molar-refractivity contribution < 1.29 is 19.5 Å². The second-order valence-electron chi connectivity index (χ2n) is 8.19. The molecule has 4 amide bonds. The van der Waals surface area contributed by atoms with Crippen molar-refractivity contribution >= 4 is 12.1 Å². The smallest absolute Gasteiger partial charge is 0.343 e. The lowest BCUT2D eigenvalue weighted by Gasteiger charge is -2.39. The summed E-state index contributed by atoms with van der Waals surface area (Å²) in [6.07, 6.45) is -0.822. The third-order valence-electron chi connectivity index (χ3n) is 4.95. The molecule has 2 N–H and O–H groups in total. The van der Waals surface area contributed by atoms with Gasteiger partial charge in [0.2, 0.25) is 0 Å². The lowest BCUT2D eigenvalue weighted by atomic mass is 9.99. The number of nitrogens with zero attached hydrogens (tertiary/aromatic N) is 3.